The standard InChI is InChI=1S/C16H14F2N2O3/c17-10-2-1-3-11(7-10)23-14-5-4-9(6-12(14)16(21)22)13-8-19-20-15(13)18/h1-7,13,15,19-20H,8H2,(H,21,22). The molecule has 7 heteroatoms. The minimum Gasteiger partial charge on any atom is -0.478 e. The summed E-state index contributed by atoms with van der Waals surface area (Å²) in [7, 11) is 0. The van der Waals surface area contributed by atoms with Crippen LogP contribution >= 0.6 is 0 Å². The predicted molar refractivity (Wildman–Crippen MR) is 78.7 cm³/mol. The topological polar surface area (TPSA) is 70.6 Å². The predicted octanol–water partition coefficient (Wildman–Crippen LogP) is 2.80. The first kappa shape index (κ1) is 15.4. The van der Waals surface area contributed by atoms with Crippen LogP contribution in [0.1, 0.15) is 21.8 Å². The van der Waals surface area contributed by atoms with Crippen LogP contribution in [0.4, 0.5) is 8.78 Å². The highest BCUT2D eigenvalue weighted by molar-refractivity contribution is 5.91. The molecule has 0 amide bonds. The summed E-state index contributed by atoms with van der Waals surface area (Å²) < 4.78 is 32.3. The Balaban J connectivity index is 1.92. The molecule has 3 rings (SSSR count). The van der Waals surface area contributed by atoms with Crippen LogP contribution in [0.15, 0.2) is 42.5 Å². The molecule has 3 N–H and O–H groups in total. The molecule has 2 aromatic carbocycles. The Hall–Kier alpha value is -2.51. The largest absolute Gasteiger partial charge is 0.478 e. The van der Waals surface area contributed by atoms with Gasteiger partial charge in [-0.3, -0.25) is 5.43 Å². The van der Waals surface area contributed by atoms with E-state index < -0.39 is 24.0 Å². The summed E-state index contributed by atoms with van der Waals surface area (Å²) in [5, 5.41) is 9.35. The van der Waals surface area contributed by atoms with Gasteiger partial charge in [0.05, 0.1) is 0 Å². The fourth-order valence-corrected chi connectivity index (χ4v) is 2.45. The third-order valence-corrected chi connectivity index (χ3v) is 3.60. The van der Waals surface area contributed by atoms with Crippen LogP contribution in [0.25, 0.3) is 0 Å². The first-order valence-corrected chi connectivity index (χ1v) is 6.98. The van der Waals surface area contributed by atoms with Gasteiger partial charge in [-0.15, -0.1) is 0 Å². The average molecular weight is 320 g/mol. The molecule has 0 bridgehead atoms. The quantitative estimate of drug-likeness (QED) is 0.756. The van der Waals surface area contributed by atoms with Gasteiger partial charge in [0.2, 0.25) is 0 Å². The Kier molecular flexibility index (Phi) is 4.22. The van der Waals surface area contributed by atoms with Gasteiger partial charge in [0.15, 0.2) is 6.30 Å². The van der Waals surface area contributed by atoms with Gasteiger partial charge in [0.1, 0.15) is 22.9 Å². The van der Waals surface area contributed by atoms with Gasteiger partial charge in [-0.25, -0.2) is 19.0 Å². The summed E-state index contributed by atoms with van der Waals surface area (Å²) in [6.07, 6.45) is -1.30. The van der Waals surface area contributed by atoms with Gasteiger partial charge in [-0.1, -0.05) is 12.1 Å². The second-order valence-corrected chi connectivity index (χ2v) is 5.15. The number of hydrazine groups is 1. The van der Waals surface area contributed by atoms with Crippen LogP contribution in [0.3, 0.4) is 0 Å². The van der Waals surface area contributed by atoms with Gasteiger partial charge in [-0.2, -0.15) is 0 Å². The van der Waals surface area contributed by atoms with E-state index in [9.17, 15) is 18.7 Å². The maximum atomic E-state index is 13.7. The molecule has 2 atom stereocenters. The van der Waals surface area contributed by atoms with Gasteiger partial charge in [-0.05, 0) is 29.8 Å². The molecule has 1 aliphatic heterocycles. The van der Waals surface area contributed by atoms with Gasteiger partial charge in [0.25, 0.3) is 0 Å². The lowest BCUT2D eigenvalue weighted by Crippen LogP contribution is -2.27. The van der Waals surface area contributed by atoms with Crippen molar-refractivity contribution >= 4 is 5.97 Å². The van der Waals surface area contributed by atoms with Crippen molar-refractivity contribution in [1.29, 1.82) is 0 Å². The smallest absolute Gasteiger partial charge is 0.339 e. The monoisotopic (exact) mass is 320 g/mol. The second kappa shape index (κ2) is 6.31. The number of carbonyl (C=O) groups is 1. The number of halogens is 2. The highest BCUT2D eigenvalue weighted by Crippen LogP contribution is 2.31. The summed E-state index contributed by atoms with van der Waals surface area (Å²) in [5.74, 6) is -1.92. The molecule has 1 fully saturated rings. The lowest BCUT2D eigenvalue weighted by Gasteiger charge is -2.15. The zero-order valence-corrected chi connectivity index (χ0v) is 11.9. The fraction of sp³-hybridized carbons (Fsp3) is 0.188. The number of hydrogen-bond donors (Lipinski definition) is 3. The minimum absolute atomic E-state index is 0.0705. The number of alkyl halides is 1. The molecule has 1 aliphatic rings. The second-order valence-electron chi connectivity index (χ2n) is 5.15. The van der Waals surface area contributed by atoms with E-state index in [0.717, 1.165) is 6.07 Å². The van der Waals surface area contributed by atoms with Gasteiger partial charge in [0, 0.05) is 18.5 Å². The summed E-state index contributed by atoms with van der Waals surface area (Å²) >= 11 is 0. The molecule has 2 aromatic rings. The van der Waals surface area contributed by atoms with E-state index in [1.165, 1.54) is 30.3 Å². The Morgan fingerprint density at radius 3 is 2.74 bits per heavy atom. The van der Waals surface area contributed by atoms with E-state index >= 15 is 0 Å². The van der Waals surface area contributed by atoms with Crippen molar-refractivity contribution in [3.63, 3.8) is 0 Å². The number of ether oxygens (including phenoxy) is 1. The third kappa shape index (κ3) is 3.30. The molecule has 2 unspecified atom stereocenters. The zero-order chi connectivity index (χ0) is 16.4. The van der Waals surface area contributed by atoms with E-state index in [0.29, 0.717) is 12.1 Å². The van der Waals surface area contributed by atoms with Gasteiger partial charge >= 0.3 is 5.97 Å². The molecule has 1 heterocycles. The van der Waals surface area contributed by atoms with Crippen LogP contribution in [-0.2, 0) is 0 Å². The zero-order valence-electron chi connectivity index (χ0n) is 11.9. The average Bonchev–Trinajstić information content (AvgIpc) is 2.93. The van der Waals surface area contributed by atoms with Crippen molar-refractivity contribution in [2.75, 3.05) is 6.54 Å². The SMILES string of the molecule is O=C(O)c1cc(C2CNNC2F)ccc1Oc1cccc(F)c1. The van der Waals surface area contributed by atoms with Gasteiger partial charge < -0.3 is 9.84 Å². The van der Waals surface area contributed by atoms with E-state index in [1.807, 2.05) is 0 Å². The summed E-state index contributed by atoms with van der Waals surface area (Å²) in [6, 6.07) is 9.83. The summed E-state index contributed by atoms with van der Waals surface area (Å²) in [5.41, 5.74) is 5.56. The Labute approximate surface area is 130 Å². The highest BCUT2D eigenvalue weighted by atomic mass is 19.1. The molecule has 120 valence electrons. The number of carboxylic acid groups (broad SMARTS) is 1. The molecular formula is C16H14F2N2O3. The first-order chi connectivity index (χ1) is 11.0. The Bertz CT molecular complexity index is 739. The van der Waals surface area contributed by atoms with Crippen molar-refractivity contribution in [3.05, 3.63) is 59.4 Å². The number of aromatic carboxylic acids is 1. The molecule has 23 heavy (non-hydrogen) atoms. The normalized spacial score (nSPS) is 20.4. The summed E-state index contributed by atoms with van der Waals surface area (Å²) in [4.78, 5) is 11.4. The van der Waals surface area contributed by atoms with Crippen LogP contribution in [-0.4, -0.2) is 23.9 Å². The maximum absolute atomic E-state index is 13.7. The Morgan fingerprint density at radius 1 is 1.26 bits per heavy atom. The third-order valence-electron chi connectivity index (χ3n) is 3.60. The number of nitrogens with one attached hydrogen (secondary N) is 2. The van der Waals surface area contributed by atoms with Crippen LogP contribution in [0.5, 0.6) is 11.5 Å². The Morgan fingerprint density at radius 2 is 2.09 bits per heavy atom. The lowest BCUT2D eigenvalue weighted by molar-refractivity contribution is 0.0694. The highest BCUT2D eigenvalue weighted by Gasteiger charge is 2.29. The molecule has 1 saturated heterocycles. The molecule has 0 aromatic heterocycles. The number of rotatable bonds is 4. The van der Waals surface area contributed by atoms with E-state index in [4.69, 9.17) is 4.74 Å². The number of carboxylic acids is 1. The van der Waals surface area contributed by atoms with Crippen LogP contribution in [0, 0.1) is 5.82 Å². The molecule has 0 aliphatic carbocycles. The van der Waals surface area contributed by atoms with Crippen molar-refractivity contribution in [2.24, 2.45) is 0 Å². The van der Waals surface area contributed by atoms with E-state index in [2.05, 4.69) is 10.9 Å². The van der Waals surface area contributed by atoms with Crippen molar-refractivity contribution in [1.82, 2.24) is 10.9 Å². The molecule has 0 radical (unpaired) electrons. The number of hydrogen-bond acceptors (Lipinski definition) is 4. The van der Waals surface area contributed by atoms with Crippen molar-refractivity contribution in [3.8, 4) is 11.5 Å². The fourth-order valence-electron chi connectivity index (χ4n) is 2.45. The minimum atomic E-state index is -1.30. The maximum Gasteiger partial charge on any atom is 0.339 e. The van der Waals surface area contributed by atoms with E-state index in [1.54, 1.807) is 6.07 Å². The van der Waals surface area contributed by atoms with Crippen molar-refractivity contribution in [2.45, 2.75) is 12.2 Å². The van der Waals surface area contributed by atoms with Crippen LogP contribution < -0.4 is 15.6 Å². The summed E-state index contributed by atoms with van der Waals surface area (Å²) in [6.45, 7) is 0.352. The molecule has 0 saturated carbocycles. The lowest BCUT2D eigenvalue weighted by atomic mass is 9.97. The molecular weight excluding hydrogens is 306 g/mol. The first-order valence-electron chi connectivity index (χ1n) is 6.98. The van der Waals surface area contributed by atoms with E-state index in [-0.39, 0.29) is 17.1 Å². The molecule has 0 spiro atoms. The van der Waals surface area contributed by atoms with Crippen molar-refractivity contribution < 1.29 is 23.4 Å². The van der Waals surface area contributed by atoms with Crippen LogP contribution in [0.2, 0.25) is 0 Å². The number of benzene rings is 2. The molecule has 5 nitrogen and oxygen atoms in total.